The van der Waals surface area contributed by atoms with Gasteiger partial charge in [-0.1, -0.05) is 11.6 Å². The van der Waals surface area contributed by atoms with Crippen LogP contribution in [0.2, 0.25) is 4.34 Å². The molecule has 100 valence electrons. The number of halogens is 1. The molecule has 0 saturated carbocycles. The zero-order valence-electron chi connectivity index (χ0n) is 10.6. The third-order valence-corrected chi connectivity index (χ3v) is 3.80. The molecule has 0 fully saturated rings. The molecule has 0 atom stereocenters. The first kappa shape index (κ1) is 13.8. The first-order valence-electron chi connectivity index (χ1n) is 5.60. The summed E-state index contributed by atoms with van der Waals surface area (Å²) < 4.78 is 5.46. The number of rotatable bonds is 4. The molecule has 0 aromatic carbocycles. The van der Waals surface area contributed by atoms with Crippen molar-refractivity contribution in [1.29, 1.82) is 0 Å². The average Bonchev–Trinajstić information content (AvgIpc) is 2.83. The highest BCUT2D eigenvalue weighted by molar-refractivity contribution is 7.16. The lowest BCUT2D eigenvalue weighted by Gasteiger charge is -2.17. The van der Waals surface area contributed by atoms with Crippen molar-refractivity contribution < 1.29 is 9.53 Å². The number of pyridine rings is 1. The van der Waals surface area contributed by atoms with Crippen molar-refractivity contribution in [2.75, 3.05) is 19.1 Å². The fourth-order valence-corrected chi connectivity index (χ4v) is 2.76. The van der Waals surface area contributed by atoms with E-state index in [1.165, 1.54) is 18.4 Å². The van der Waals surface area contributed by atoms with Crippen LogP contribution in [-0.2, 0) is 11.3 Å². The molecule has 2 aromatic rings. The maximum Gasteiger partial charge on any atom is 0.338 e. The van der Waals surface area contributed by atoms with E-state index in [9.17, 15) is 4.79 Å². The van der Waals surface area contributed by atoms with Crippen molar-refractivity contribution in [1.82, 2.24) is 4.98 Å². The molecular formula is C13H13ClN2O2S. The van der Waals surface area contributed by atoms with Crippen LogP contribution in [0.1, 0.15) is 15.2 Å². The Morgan fingerprint density at radius 3 is 2.89 bits per heavy atom. The van der Waals surface area contributed by atoms with Crippen LogP contribution in [0.4, 0.5) is 5.82 Å². The Morgan fingerprint density at radius 1 is 1.47 bits per heavy atom. The Kier molecular flexibility index (Phi) is 4.39. The minimum absolute atomic E-state index is 0.365. The molecule has 0 spiro atoms. The Labute approximate surface area is 120 Å². The second-order valence-electron chi connectivity index (χ2n) is 3.96. The van der Waals surface area contributed by atoms with Gasteiger partial charge in [0.25, 0.3) is 0 Å². The smallest absolute Gasteiger partial charge is 0.338 e. The van der Waals surface area contributed by atoms with Gasteiger partial charge < -0.3 is 9.64 Å². The van der Waals surface area contributed by atoms with Crippen LogP contribution in [0.25, 0.3) is 0 Å². The average molecular weight is 297 g/mol. The number of methoxy groups -OCH3 is 1. The molecule has 0 aliphatic carbocycles. The van der Waals surface area contributed by atoms with Gasteiger partial charge in [0.15, 0.2) is 0 Å². The molecule has 0 saturated heterocycles. The second-order valence-corrected chi connectivity index (χ2v) is 5.76. The van der Waals surface area contributed by atoms with Crippen LogP contribution < -0.4 is 4.90 Å². The fourth-order valence-electron chi connectivity index (χ4n) is 1.62. The first-order valence-corrected chi connectivity index (χ1v) is 6.79. The number of carbonyl (C=O) groups excluding carboxylic acids is 1. The van der Waals surface area contributed by atoms with Gasteiger partial charge in [0.1, 0.15) is 5.82 Å². The maximum atomic E-state index is 11.5. The monoisotopic (exact) mass is 296 g/mol. The lowest BCUT2D eigenvalue weighted by molar-refractivity contribution is 0.0600. The van der Waals surface area contributed by atoms with Crippen LogP contribution in [0.15, 0.2) is 30.5 Å². The van der Waals surface area contributed by atoms with E-state index in [1.807, 2.05) is 24.1 Å². The zero-order valence-corrected chi connectivity index (χ0v) is 12.2. The molecule has 0 amide bonds. The molecule has 0 N–H and O–H groups in total. The summed E-state index contributed by atoms with van der Waals surface area (Å²) >= 11 is 7.43. The van der Waals surface area contributed by atoms with Crippen molar-refractivity contribution >= 4 is 34.7 Å². The summed E-state index contributed by atoms with van der Waals surface area (Å²) in [5, 5.41) is 0. The normalized spacial score (nSPS) is 10.3. The molecule has 6 heteroatoms. The van der Waals surface area contributed by atoms with E-state index < -0.39 is 0 Å². The van der Waals surface area contributed by atoms with Crippen LogP contribution in [0.3, 0.4) is 0 Å². The highest BCUT2D eigenvalue weighted by Crippen LogP contribution is 2.24. The van der Waals surface area contributed by atoms with Gasteiger partial charge in [-0.05, 0) is 24.3 Å². The highest BCUT2D eigenvalue weighted by atomic mass is 35.5. The van der Waals surface area contributed by atoms with Crippen LogP contribution >= 0.6 is 22.9 Å². The minimum Gasteiger partial charge on any atom is -0.465 e. The summed E-state index contributed by atoms with van der Waals surface area (Å²) in [6.45, 7) is 0.689. The predicted molar refractivity (Wildman–Crippen MR) is 77.0 cm³/mol. The summed E-state index contributed by atoms with van der Waals surface area (Å²) in [5.74, 6) is 0.351. The lowest BCUT2D eigenvalue weighted by atomic mass is 10.2. The number of hydrogen-bond acceptors (Lipinski definition) is 5. The SMILES string of the molecule is COC(=O)c1ccnc(N(C)Cc2ccc(Cl)s2)c1. The summed E-state index contributed by atoms with van der Waals surface area (Å²) in [6, 6.07) is 7.19. The fraction of sp³-hybridized carbons (Fsp3) is 0.231. The van der Waals surface area contributed by atoms with Gasteiger partial charge in [-0.15, -0.1) is 11.3 Å². The number of thiophene rings is 1. The Morgan fingerprint density at radius 2 is 2.26 bits per heavy atom. The highest BCUT2D eigenvalue weighted by Gasteiger charge is 2.10. The summed E-state index contributed by atoms with van der Waals surface area (Å²) in [7, 11) is 3.27. The molecule has 2 rings (SSSR count). The number of ether oxygens (including phenoxy) is 1. The summed E-state index contributed by atoms with van der Waals surface area (Å²) in [5.41, 5.74) is 0.489. The maximum absolute atomic E-state index is 11.5. The van der Waals surface area contributed by atoms with E-state index in [2.05, 4.69) is 4.98 Å². The molecule has 2 aromatic heterocycles. The number of esters is 1. The first-order chi connectivity index (χ1) is 9.10. The quantitative estimate of drug-likeness (QED) is 0.813. The third kappa shape index (κ3) is 3.45. The van der Waals surface area contributed by atoms with Gasteiger partial charge in [-0.2, -0.15) is 0 Å². The van der Waals surface area contributed by atoms with E-state index in [1.54, 1.807) is 18.3 Å². The molecule has 19 heavy (non-hydrogen) atoms. The number of aromatic nitrogens is 1. The van der Waals surface area contributed by atoms with Gasteiger partial charge >= 0.3 is 5.97 Å². The van der Waals surface area contributed by atoms with E-state index in [-0.39, 0.29) is 5.97 Å². The van der Waals surface area contributed by atoms with Crippen molar-refractivity contribution in [2.45, 2.75) is 6.54 Å². The number of carbonyl (C=O) groups is 1. The zero-order chi connectivity index (χ0) is 13.8. The lowest BCUT2D eigenvalue weighted by Crippen LogP contribution is -2.17. The largest absolute Gasteiger partial charge is 0.465 e. The minimum atomic E-state index is -0.365. The van der Waals surface area contributed by atoms with E-state index in [4.69, 9.17) is 16.3 Å². The van der Waals surface area contributed by atoms with Crippen LogP contribution in [-0.4, -0.2) is 25.1 Å². The van der Waals surface area contributed by atoms with Gasteiger partial charge in [0.05, 0.1) is 23.6 Å². The molecule has 0 unspecified atom stereocenters. The molecule has 2 heterocycles. The standard InChI is InChI=1S/C13H13ClN2O2S/c1-16(8-10-3-4-11(14)19-10)12-7-9(5-6-15-12)13(17)18-2/h3-7H,8H2,1-2H3. The topological polar surface area (TPSA) is 42.4 Å². The van der Waals surface area contributed by atoms with Crippen molar-refractivity contribution in [3.63, 3.8) is 0 Å². The predicted octanol–water partition coefficient (Wildman–Crippen LogP) is 3.22. The van der Waals surface area contributed by atoms with Crippen molar-refractivity contribution in [3.05, 3.63) is 45.2 Å². The van der Waals surface area contributed by atoms with Crippen molar-refractivity contribution in [3.8, 4) is 0 Å². The number of anilines is 1. The van der Waals surface area contributed by atoms with Crippen LogP contribution in [0, 0.1) is 0 Å². The Balaban J connectivity index is 2.14. The molecule has 0 aliphatic heterocycles. The molecule has 0 radical (unpaired) electrons. The second kappa shape index (κ2) is 6.04. The molecular weight excluding hydrogens is 284 g/mol. The summed E-state index contributed by atoms with van der Waals surface area (Å²) in [6.07, 6.45) is 1.60. The van der Waals surface area contributed by atoms with Gasteiger partial charge in [-0.3, -0.25) is 0 Å². The van der Waals surface area contributed by atoms with E-state index in [0.717, 1.165) is 9.21 Å². The van der Waals surface area contributed by atoms with Crippen LogP contribution in [0.5, 0.6) is 0 Å². The van der Waals surface area contributed by atoms with Gasteiger partial charge in [0, 0.05) is 18.1 Å². The Bertz CT molecular complexity index is 586. The number of hydrogen-bond donors (Lipinski definition) is 0. The number of nitrogens with zero attached hydrogens (tertiary/aromatic N) is 2. The van der Waals surface area contributed by atoms with E-state index in [0.29, 0.717) is 17.9 Å². The van der Waals surface area contributed by atoms with Gasteiger partial charge in [0.2, 0.25) is 0 Å². The van der Waals surface area contributed by atoms with Gasteiger partial charge in [-0.25, -0.2) is 9.78 Å². The Hall–Kier alpha value is -1.59. The van der Waals surface area contributed by atoms with E-state index >= 15 is 0 Å². The summed E-state index contributed by atoms with van der Waals surface area (Å²) in [4.78, 5) is 18.8. The molecule has 0 aliphatic rings. The molecule has 0 bridgehead atoms. The third-order valence-electron chi connectivity index (χ3n) is 2.58. The molecule has 4 nitrogen and oxygen atoms in total. The van der Waals surface area contributed by atoms with Crippen molar-refractivity contribution in [2.24, 2.45) is 0 Å².